The molecule has 0 spiro atoms. The largest absolute Gasteiger partial charge is 0.490 e. The first-order valence-corrected chi connectivity index (χ1v) is 9.05. The first-order valence-electron chi connectivity index (χ1n) is 8.25. The summed E-state index contributed by atoms with van der Waals surface area (Å²) in [5.41, 5.74) is 2.87. The topological polar surface area (TPSA) is 70.9 Å². The van der Waals surface area contributed by atoms with Gasteiger partial charge in [-0.3, -0.25) is 0 Å². The van der Waals surface area contributed by atoms with Crippen LogP contribution in [0.3, 0.4) is 0 Å². The van der Waals surface area contributed by atoms with Crippen molar-refractivity contribution in [3.8, 4) is 29.9 Å². The van der Waals surface area contributed by atoms with Gasteiger partial charge in [0.2, 0.25) is 0 Å². The lowest BCUT2D eigenvalue weighted by atomic mass is 10.1. The molecule has 0 radical (unpaired) electrons. The van der Waals surface area contributed by atoms with Crippen molar-refractivity contribution in [2.24, 2.45) is 0 Å². The molecule has 0 unspecified atom stereocenters. The molecule has 0 bridgehead atoms. The molecule has 2 aromatic carbocycles. The van der Waals surface area contributed by atoms with E-state index in [-0.39, 0.29) is 6.61 Å². The number of benzene rings is 2. The Kier molecular flexibility index (Phi) is 5.80. The van der Waals surface area contributed by atoms with E-state index in [1.807, 2.05) is 37.3 Å². The number of imidazole rings is 1. The fourth-order valence-electron chi connectivity index (χ4n) is 2.59. The zero-order valence-electron chi connectivity index (χ0n) is 14.6. The summed E-state index contributed by atoms with van der Waals surface area (Å²) in [6.07, 6.45) is 7.02. The maximum atomic E-state index is 9.61. The summed E-state index contributed by atoms with van der Waals surface area (Å²) in [4.78, 5) is 7.65. The number of aromatic amines is 1. The highest BCUT2D eigenvalue weighted by molar-refractivity contribution is 9.10. The van der Waals surface area contributed by atoms with Crippen LogP contribution in [0.5, 0.6) is 11.5 Å². The molecule has 6 heteroatoms. The highest BCUT2D eigenvalue weighted by Crippen LogP contribution is 2.37. The lowest BCUT2D eigenvalue weighted by Gasteiger charge is -2.13. The van der Waals surface area contributed by atoms with Crippen LogP contribution in [0.1, 0.15) is 18.3 Å². The zero-order chi connectivity index (χ0) is 19.2. The maximum Gasteiger partial charge on any atom is 0.176 e. The number of rotatable bonds is 6. The van der Waals surface area contributed by atoms with Gasteiger partial charge < -0.3 is 14.5 Å². The van der Waals surface area contributed by atoms with Gasteiger partial charge in [0.05, 0.1) is 27.7 Å². The van der Waals surface area contributed by atoms with Crippen molar-refractivity contribution in [3.05, 3.63) is 52.3 Å². The van der Waals surface area contributed by atoms with Crippen molar-refractivity contribution < 1.29 is 9.47 Å². The summed E-state index contributed by atoms with van der Waals surface area (Å²) in [5, 5.41) is 9.61. The Balaban J connectivity index is 2.03. The summed E-state index contributed by atoms with van der Waals surface area (Å²) in [6, 6.07) is 13.5. The molecule has 0 fully saturated rings. The number of hydrogen-bond acceptors (Lipinski definition) is 4. The molecule has 1 heterocycles. The van der Waals surface area contributed by atoms with Crippen LogP contribution in [-0.2, 0) is 0 Å². The Hall–Kier alpha value is -3.22. The summed E-state index contributed by atoms with van der Waals surface area (Å²) >= 11 is 3.49. The number of H-pyrrole nitrogens is 1. The SMILES string of the molecule is C#CCOc1c(Br)cc(C=C(C#N)c2nc3ccccc3[nH]2)cc1OCC. The predicted octanol–water partition coefficient (Wildman–Crippen LogP) is 4.80. The van der Waals surface area contributed by atoms with E-state index in [0.717, 1.165) is 16.6 Å². The van der Waals surface area contributed by atoms with E-state index in [4.69, 9.17) is 15.9 Å². The van der Waals surface area contributed by atoms with Gasteiger partial charge in [-0.25, -0.2) is 4.98 Å². The number of aromatic nitrogens is 2. The summed E-state index contributed by atoms with van der Waals surface area (Å²) in [5.74, 6) is 4.04. The first kappa shape index (κ1) is 18.6. The van der Waals surface area contributed by atoms with Gasteiger partial charge in [-0.15, -0.1) is 6.42 Å². The fraction of sp³-hybridized carbons (Fsp3) is 0.143. The highest BCUT2D eigenvalue weighted by atomic mass is 79.9. The van der Waals surface area contributed by atoms with Gasteiger partial charge >= 0.3 is 0 Å². The van der Waals surface area contributed by atoms with Crippen molar-refractivity contribution in [2.75, 3.05) is 13.2 Å². The molecule has 0 aliphatic rings. The lowest BCUT2D eigenvalue weighted by Crippen LogP contribution is -2.00. The van der Waals surface area contributed by atoms with Crippen LogP contribution in [0, 0.1) is 23.7 Å². The summed E-state index contributed by atoms with van der Waals surface area (Å²) in [6.45, 7) is 2.49. The normalized spacial score (nSPS) is 11.0. The van der Waals surface area contributed by atoms with Crippen molar-refractivity contribution in [2.45, 2.75) is 6.92 Å². The van der Waals surface area contributed by atoms with E-state index in [2.05, 4.69) is 37.9 Å². The molecule has 0 saturated heterocycles. The standard InChI is InChI=1S/C21H16BrN3O2/c1-3-9-27-20-16(22)11-14(12-19(20)26-4-2)10-15(13-23)21-24-17-7-5-6-8-18(17)25-21/h1,5-8,10-12H,4,9H2,2H3,(H,24,25). The molecule has 0 aliphatic heterocycles. The summed E-state index contributed by atoms with van der Waals surface area (Å²) < 4.78 is 11.9. The van der Waals surface area contributed by atoms with Gasteiger partial charge in [0.1, 0.15) is 18.5 Å². The van der Waals surface area contributed by atoms with Crippen LogP contribution < -0.4 is 9.47 Å². The van der Waals surface area contributed by atoms with Crippen molar-refractivity contribution in [1.82, 2.24) is 9.97 Å². The Morgan fingerprint density at radius 2 is 2.15 bits per heavy atom. The molecular formula is C21H16BrN3O2. The minimum Gasteiger partial charge on any atom is -0.490 e. The van der Waals surface area contributed by atoms with E-state index in [1.165, 1.54) is 0 Å². The van der Waals surface area contributed by atoms with Crippen LogP contribution in [0.2, 0.25) is 0 Å². The molecule has 0 saturated carbocycles. The molecule has 1 aromatic heterocycles. The number of allylic oxidation sites excluding steroid dienone is 1. The second-order valence-corrected chi connectivity index (χ2v) is 6.38. The van der Waals surface area contributed by atoms with Gasteiger partial charge in [0, 0.05) is 0 Å². The van der Waals surface area contributed by atoms with E-state index in [1.54, 1.807) is 12.1 Å². The van der Waals surface area contributed by atoms with Crippen molar-refractivity contribution >= 4 is 38.6 Å². The molecular weight excluding hydrogens is 406 g/mol. The molecule has 0 aliphatic carbocycles. The molecule has 3 aromatic rings. The Bertz CT molecular complexity index is 1050. The number of nitrogens with one attached hydrogen (secondary N) is 1. The van der Waals surface area contributed by atoms with Gasteiger partial charge in [0.15, 0.2) is 11.5 Å². The molecule has 1 N–H and O–H groups in total. The number of fused-ring (bicyclic) bond motifs is 1. The van der Waals surface area contributed by atoms with Crippen LogP contribution in [0.4, 0.5) is 0 Å². The average Bonchev–Trinajstić information content (AvgIpc) is 3.09. The quantitative estimate of drug-likeness (QED) is 0.458. The number of hydrogen-bond donors (Lipinski definition) is 1. The minimum atomic E-state index is 0.135. The van der Waals surface area contributed by atoms with Crippen LogP contribution in [-0.4, -0.2) is 23.2 Å². The molecule has 0 atom stereocenters. The molecule has 134 valence electrons. The van der Waals surface area contributed by atoms with E-state index >= 15 is 0 Å². The number of halogens is 1. The van der Waals surface area contributed by atoms with Gasteiger partial charge in [-0.1, -0.05) is 18.1 Å². The molecule has 0 amide bonds. The second-order valence-electron chi connectivity index (χ2n) is 5.53. The molecule has 27 heavy (non-hydrogen) atoms. The minimum absolute atomic E-state index is 0.135. The zero-order valence-corrected chi connectivity index (χ0v) is 16.2. The van der Waals surface area contributed by atoms with Gasteiger partial charge in [-0.05, 0) is 58.8 Å². The number of nitriles is 1. The number of ether oxygens (including phenoxy) is 2. The Morgan fingerprint density at radius 1 is 1.33 bits per heavy atom. The first-order chi connectivity index (χ1) is 13.2. The third-order valence-corrected chi connectivity index (χ3v) is 4.30. The number of nitrogens with zero attached hydrogens (tertiary/aromatic N) is 2. The molecule has 3 rings (SSSR count). The summed E-state index contributed by atoms with van der Waals surface area (Å²) in [7, 11) is 0. The average molecular weight is 422 g/mol. The third kappa shape index (κ3) is 4.13. The Labute approximate surface area is 165 Å². The molecule has 5 nitrogen and oxygen atoms in total. The van der Waals surface area contributed by atoms with E-state index < -0.39 is 0 Å². The van der Waals surface area contributed by atoms with Gasteiger partial charge in [0.25, 0.3) is 0 Å². The number of terminal acetylenes is 1. The van der Waals surface area contributed by atoms with Crippen molar-refractivity contribution in [1.29, 1.82) is 5.26 Å². The predicted molar refractivity (Wildman–Crippen MR) is 109 cm³/mol. The third-order valence-electron chi connectivity index (χ3n) is 3.71. The van der Waals surface area contributed by atoms with Crippen LogP contribution in [0.15, 0.2) is 40.9 Å². The Morgan fingerprint density at radius 3 is 2.85 bits per heavy atom. The van der Waals surface area contributed by atoms with Crippen LogP contribution >= 0.6 is 15.9 Å². The smallest absolute Gasteiger partial charge is 0.176 e. The van der Waals surface area contributed by atoms with Gasteiger partial charge in [-0.2, -0.15) is 5.26 Å². The van der Waals surface area contributed by atoms with E-state index in [9.17, 15) is 5.26 Å². The van der Waals surface area contributed by atoms with E-state index in [0.29, 0.717) is 34.0 Å². The van der Waals surface area contributed by atoms with Crippen molar-refractivity contribution in [3.63, 3.8) is 0 Å². The monoisotopic (exact) mass is 421 g/mol. The fourth-order valence-corrected chi connectivity index (χ4v) is 3.16. The second kappa shape index (κ2) is 8.44. The maximum absolute atomic E-state index is 9.61. The number of para-hydroxylation sites is 2. The highest BCUT2D eigenvalue weighted by Gasteiger charge is 2.13. The van der Waals surface area contributed by atoms with Crippen LogP contribution in [0.25, 0.3) is 22.7 Å². The lowest BCUT2D eigenvalue weighted by molar-refractivity contribution is 0.298.